The van der Waals surface area contributed by atoms with E-state index in [0.717, 1.165) is 11.1 Å². The number of nitrogens with zero attached hydrogens (tertiary/aromatic N) is 2. The summed E-state index contributed by atoms with van der Waals surface area (Å²) >= 11 is 0. The summed E-state index contributed by atoms with van der Waals surface area (Å²) in [6.07, 6.45) is 5.08. The summed E-state index contributed by atoms with van der Waals surface area (Å²) in [6, 6.07) is 9.49. The molecule has 0 saturated carbocycles. The predicted octanol–water partition coefficient (Wildman–Crippen LogP) is 4.26. The van der Waals surface area contributed by atoms with Crippen molar-refractivity contribution in [2.75, 3.05) is 6.61 Å². The summed E-state index contributed by atoms with van der Waals surface area (Å²) in [5.41, 5.74) is 1.88. The van der Waals surface area contributed by atoms with Crippen molar-refractivity contribution in [3.8, 4) is 0 Å². The number of aliphatic hydroxyl groups excluding tert-OH is 1. The number of hydrogen-bond acceptors (Lipinski definition) is 3. The van der Waals surface area contributed by atoms with Crippen LogP contribution in [0.2, 0.25) is 0 Å². The summed E-state index contributed by atoms with van der Waals surface area (Å²) < 4.78 is 5.10. The molecule has 4 heteroatoms. The van der Waals surface area contributed by atoms with Crippen LogP contribution >= 0.6 is 0 Å². The van der Waals surface area contributed by atoms with Gasteiger partial charge in [0.15, 0.2) is 4.98 Å². The quantitative estimate of drug-likeness (QED) is 0.371. The van der Waals surface area contributed by atoms with Gasteiger partial charge in [-0.15, -0.1) is 0 Å². The molecule has 19 heavy (non-hydrogen) atoms. The van der Waals surface area contributed by atoms with E-state index in [9.17, 15) is 5.11 Å². The van der Waals surface area contributed by atoms with Gasteiger partial charge in [-0.2, -0.15) is 0 Å². The van der Waals surface area contributed by atoms with Crippen LogP contribution in [0, 0.1) is 5.39 Å². The summed E-state index contributed by atoms with van der Waals surface area (Å²) in [7, 11) is 0. The van der Waals surface area contributed by atoms with Crippen molar-refractivity contribution in [2.45, 2.75) is 13.8 Å². The van der Waals surface area contributed by atoms with Gasteiger partial charge in [0, 0.05) is 6.08 Å². The molecule has 1 N–H and O–H groups in total. The minimum atomic E-state index is -0.407. The second-order valence-electron chi connectivity index (χ2n) is 3.96. The Labute approximate surface area is 113 Å². The van der Waals surface area contributed by atoms with Crippen molar-refractivity contribution in [1.29, 1.82) is 5.39 Å². The highest BCUT2D eigenvalue weighted by atomic mass is 16.6. The van der Waals surface area contributed by atoms with Crippen molar-refractivity contribution in [2.24, 2.45) is 0 Å². The number of allylic oxidation sites excluding steroid dienone is 2. The standard InChI is InChI=1S/C15H16N2O2/c1-3-12(2)11-19-15(18)14(17-16)10-9-13-7-5-4-6-8-13/h3-10H,11H2,1-2H3/p+1/b10-9+,12-3+,15-14-. The Kier molecular flexibility index (Phi) is 5.90. The van der Waals surface area contributed by atoms with Gasteiger partial charge in [-0.3, -0.25) is 0 Å². The molecule has 0 aromatic heterocycles. The highest BCUT2D eigenvalue weighted by molar-refractivity contribution is 5.53. The smallest absolute Gasteiger partial charge is 0.464 e. The normalized spacial score (nSPS) is 13.0. The van der Waals surface area contributed by atoms with Crippen LogP contribution in [0.3, 0.4) is 0 Å². The van der Waals surface area contributed by atoms with Gasteiger partial charge in [0.05, 0.1) is 0 Å². The largest absolute Gasteiger partial charge is 0.475 e. The zero-order valence-electron chi connectivity index (χ0n) is 11.1. The molecule has 0 spiro atoms. The molecule has 0 aliphatic rings. The average Bonchev–Trinajstić information content (AvgIpc) is 2.46. The topological polar surface area (TPSA) is 57.6 Å². The van der Waals surface area contributed by atoms with Crippen LogP contribution in [0.25, 0.3) is 11.1 Å². The van der Waals surface area contributed by atoms with Crippen LogP contribution in [0.4, 0.5) is 0 Å². The fourth-order valence-electron chi connectivity index (χ4n) is 1.23. The third kappa shape index (κ3) is 5.09. The first-order valence-electron chi connectivity index (χ1n) is 5.93. The molecule has 0 heterocycles. The van der Waals surface area contributed by atoms with E-state index in [1.54, 1.807) is 6.08 Å². The Bertz CT molecular complexity index is 537. The van der Waals surface area contributed by atoms with Gasteiger partial charge in [0.1, 0.15) is 6.61 Å². The molecule has 4 nitrogen and oxygen atoms in total. The zero-order valence-corrected chi connectivity index (χ0v) is 11.1. The maximum Gasteiger partial charge on any atom is 0.464 e. The summed E-state index contributed by atoms with van der Waals surface area (Å²) in [5, 5.41) is 18.5. The second kappa shape index (κ2) is 7.72. The minimum absolute atomic E-state index is 0.0206. The molecule has 0 aliphatic carbocycles. The van der Waals surface area contributed by atoms with Gasteiger partial charge in [-0.1, -0.05) is 36.4 Å². The van der Waals surface area contributed by atoms with Crippen LogP contribution in [0.15, 0.2) is 59.7 Å². The van der Waals surface area contributed by atoms with E-state index in [-0.39, 0.29) is 12.3 Å². The lowest BCUT2D eigenvalue weighted by Gasteiger charge is -2.01. The molecule has 1 aromatic rings. The van der Waals surface area contributed by atoms with E-state index in [0.29, 0.717) is 0 Å². The van der Waals surface area contributed by atoms with Gasteiger partial charge < -0.3 is 9.84 Å². The highest BCUT2D eigenvalue weighted by Gasteiger charge is 2.16. The van der Waals surface area contributed by atoms with Gasteiger partial charge >= 0.3 is 11.6 Å². The first-order valence-corrected chi connectivity index (χ1v) is 5.93. The van der Waals surface area contributed by atoms with Gasteiger partial charge in [0.2, 0.25) is 5.39 Å². The molecular formula is C15H17N2O2+. The minimum Gasteiger partial charge on any atom is -0.475 e. The Hall–Kier alpha value is -2.54. The first-order chi connectivity index (χ1) is 9.17. The van der Waals surface area contributed by atoms with Crippen LogP contribution in [-0.2, 0) is 4.74 Å². The fourth-order valence-corrected chi connectivity index (χ4v) is 1.23. The molecule has 98 valence electrons. The van der Waals surface area contributed by atoms with Gasteiger partial charge in [0.25, 0.3) is 0 Å². The fraction of sp³-hybridized carbons (Fsp3) is 0.200. The molecule has 0 saturated heterocycles. The van der Waals surface area contributed by atoms with Crippen molar-refractivity contribution in [1.82, 2.24) is 0 Å². The Morgan fingerprint density at radius 2 is 2.05 bits per heavy atom. The summed E-state index contributed by atoms with van der Waals surface area (Å²) in [4.78, 5) is 3.01. The Morgan fingerprint density at radius 1 is 1.37 bits per heavy atom. The average molecular weight is 257 g/mol. The van der Waals surface area contributed by atoms with E-state index >= 15 is 0 Å². The molecule has 0 bridgehead atoms. The van der Waals surface area contributed by atoms with E-state index < -0.39 is 5.95 Å². The molecule has 0 aliphatic heterocycles. The Morgan fingerprint density at radius 3 is 2.63 bits per heavy atom. The number of rotatable bonds is 5. The number of ether oxygens (including phenoxy) is 1. The van der Waals surface area contributed by atoms with Gasteiger partial charge in [-0.05, 0) is 31.1 Å². The van der Waals surface area contributed by atoms with Gasteiger partial charge in [-0.25, -0.2) is 0 Å². The van der Waals surface area contributed by atoms with Crippen LogP contribution in [-0.4, -0.2) is 11.7 Å². The molecule has 1 rings (SSSR count). The third-order valence-corrected chi connectivity index (χ3v) is 2.49. The molecule has 1 aromatic carbocycles. The van der Waals surface area contributed by atoms with Crippen molar-refractivity contribution < 1.29 is 9.84 Å². The van der Waals surface area contributed by atoms with Crippen LogP contribution in [0.1, 0.15) is 19.4 Å². The predicted molar refractivity (Wildman–Crippen MR) is 75.6 cm³/mol. The van der Waals surface area contributed by atoms with E-state index in [2.05, 4.69) is 4.98 Å². The van der Waals surface area contributed by atoms with Crippen LogP contribution < -0.4 is 0 Å². The summed E-state index contributed by atoms with van der Waals surface area (Å²) in [5.74, 6) is -0.407. The van der Waals surface area contributed by atoms with E-state index in [1.165, 1.54) is 6.08 Å². The molecule has 0 fully saturated rings. The lowest BCUT2D eigenvalue weighted by molar-refractivity contribution is 0.106. The maximum atomic E-state index is 9.66. The molecule has 0 radical (unpaired) electrons. The zero-order chi connectivity index (χ0) is 14.1. The maximum absolute atomic E-state index is 9.66. The molecular weight excluding hydrogens is 240 g/mol. The third-order valence-electron chi connectivity index (χ3n) is 2.49. The lowest BCUT2D eigenvalue weighted by Crippen LogP contribution is -1.97. The van der Waals surface area contributed by atoms with E-state index in [4.69, 9.17) is 10.1 Å². The summed E-state index contributed by atoms with van der Waals surface area (Å²) in [6.45, 7) is 4.01. The van der Waals surface area contributed by atoms with Crippen LogP contribution in [0.5, 0.6) is 0 Å². The molecule has 0 unspecified atom stereocenters. The first kappa shape index (κ1) is 14.5. The molecule has 0 atom stereocenters. The number of aliphatic hydroxyl groups is 1. The van der Waals surface area contributed by atoms with Crippen molar-refractivity contribution in [3.63, 3.8) is 0 Å². The van der Waals surface area contributed by atoms with E-state index in [1.807, 2.05) is 50.3 Å². The van der Waals surface area contributed by atoms with Crippen molar-refractivity contribution >= 4 is 6.08 Å². The highest BCUT2D eigenvalue weighted by Crippen LogP contribution is 2.11. The molecule has 0 amide bonds. The number of hydrogen-bond donors (Lipinski definition) is 1. The lowest BCUT2D eigenvalue weighted by atomic mass is 10.2. The second-order valence-corrected chi connectivity index (χ2v) is 3.96. The van der Waals surface area contributed by atoms with Crippen molar-refractivity contribution in [3.05, 3.63) is 70.2 Å². The number of diazo groups is 1. The SMILES string of the molecule is C/C=C(\C)CO/C(O)=C(/C=C/c1ccccc1)[N+]#N. The Balaban J connectivity index is 2.77. The monoisotopic (exact) mass is 257 g/mol. The number of benzene rings is 1.